The lowest BCUT2D eigenvalue weighted by Crippen LogP contribution is -2.34. The number of hydrogen-bond acceptors (Lipinski definition) is 5. The van der Waals surface area contributed by atoms with Crippen molar-refractivity contribution in [2.75, 3.05) is 25.5 Å². The van der Waals surface area contributed by atoms with Gasteiger partial charge in [-0.25, -0.2) is 0 Å². The molecule has 0 saturated carbocycles. The highest BCUT2D eigenvalue weighted by Crippen LogP contribution is 2.07. The van der Waals surface area contributed by atoms with Crippen LogP contribution in [-0.2, 0) is 4.79 Å². The van der Waals surface area contributed by atoms with Crippen LogP contribution in [0, 0.1) is 6.92 Å². The normalized spacial score (nSPS) is 12.8. The maximum absolute atomic E-state index is 11.5. The van der Waals surface area contributed by atoms with E-state index < -0.39 is 6.10 Å². The highest BCUT2D eigenvalue weighted by atomic mass is 16.5. The molecule has 1 atom stereocenters. The predicted octanol–water partition coefficient (Wildman–Crippen LogP) is 0.234. The number of aliphatic hydroxyl groups is 1. The first kappa shape index (κ1) is 12.7. The molecule has 0 spiro atoms. The van der Waals surface area contributed by atoms with Gasteiger partial charge in [-0.05, 0) is 20.9 Å². The van der Waals surface area contributed by atoms with Crippen molar-refractivity contribution in [2.24, 2.45) is 0 Å². The van der Waals surface area contributed by atoms with Crippen LogP contribution in [0.1, 0.15) is 12.6 Å². The molecule has 1 heterocycles. The Labute approximate surface area is 94.2 Å². The van der Waals surface area contributed by atoms with Crippen molar-refractivity contribution in [1.82, 2.24) is 10.1 Å². The molecule has 6 heteroatoms. The summed E-state index contributed by atoms with van der Waals surface area (Å²) in [6.07, 6.45) is -0.453. The molecular formula is C10H17N3O3. The monoisotopic (exact) mass is 227 g/mol. The SMILES string of the molecule is Cc1cc(NC(=O)CN(C)CC(C)O)on1. The molecule has 90 valence electrons. The van der Waals surface area contributed by atoms with Crippen LogP contribution in [-0.4, -0.2) is 47.3 Å². The van der Waals surface area contributed by atoms with E-state index in [1.54, 1.807) is 31.9 Å². The zero-order valence-corrected chi connectivity index (χ0v) is 9.73. The highest BCUT2D eigenvalue weighted by molar-refractivity contribution is 5.90. The summed E-state index contributed by atoms with van der Waals surface area (Å²) in [6, 6.07) is 1.65. The van der Waals surface area contributed by atoms with Gasteiger partial charge in [-0.3, -0.25) is 15.0 Å². The maximum Gasteiger partial charge on any atom is 0.240 e. The number of carbonyl (C=O) groups is 1. The second-order valence-electron chi connectivity index (χ2n) is 3.93. The first-order valence-corrected chi connectivity index (χ1v) is 5.07. The van der Waals surface area contributed by atoms with Gasteiger partial charge >= 0.3 is 0 Å². The molecule has 16 heavy (non-hydrogen) atoms. The number of hydrogen-bond donors (Lipinski definition) is 2. The van der Waals surface area contributed by atoms with Crippen LogP contribution >= 0.6 is 0 Å². The molecule has 1 unspecified atom stereocenters. The molecule has 6 nitrogen and oxygen atoms in total. The van der Waals surface area contributed by atoms with E-state index in [4.69, 9.17) is 9.63 Å². The number of nitrogens with zero attached hydrogens (tertiary/aromatic N) is 2. The summed E-state index contributed by atoms with van der Waals surface area (Å²) in [6.45, 7) is 4.10. The zero-order valence-electron chi connectivity index (χ0n) is 9.73. The third-order valence-corrected chi connectivity index (χ3v) is 1.88. The molecule has 0 bridgehead atoms. The molecule has 0 aliphatic heterocycles. The van der Waals surface area contributed by atoms with E-state index >= 15 is 0 Å². The number of nitrogens with one attached hydrogen (secondary N) is 1. The van der Waals surface area contributed by atoms with Crippen molar-refractivity contribution < 1.29 is 14.4 Å². The van der Waals surface area contributed by atoms with Gasteiger partial charge in [0.2, 0.25) is 11.8 Å². The van der Waals surface area contributed by atoms with E-state index in [0.717, 1.165) is 0 Å². The lowest BCUT2D eigenvalue weighted by atomic mass is 10.3. The van der Waals surface area contributed by atoms with Crippen molar-refractivity contribution in [3.05, 3.63) is 11.8 Å². The molecule has 1 rings (SSSR count). The molecule has 0 radical (unpaired) electrons. The molecule has 2 N–H and O–H groups in total. The molecule has 1 aromatic rings. The fourth-order valence-corrected chi connectivity index (χ4v) is 1.36. The third-order valence-electron chi connectivity index (χ3n) is 1.88. The standard InChI is InChI=1S/C10H17N3O3/c1-7-4-10(16-12-7)11-9(15)6-13(3)5-8(2)14/h4,8,14H,5-6H2,1-3H3,(H,11,15). The van der Waals surface area contributed by atoms with E-state index in [2.05, 4.69) is 10.5 Å². The summed E-state index contributed by atoms with van der Waals surface area (Å²) in [7, 11) is 1.76. The number of carbonyl (C=O) groups excluding carboxylic acids is 1. The highest BCUT2D eigenvalue weighted by Gasteiger charge is 2.10. The number of rotatable bonds is 5. The van der Waals surface area contributed by atoms with E-state index in [1.807, 2.05) is 0 Å². The second kappa shape index (κ2) is 5.62. The Bertz CT molecular complexity index is 349. The van der Waals surface area contributed by atoms with Crippen LogP contribution in [0.4, 0.5) is 5.88 Å². The Morgan fingerprint density at radius 3 is 2.94 bits per heavy atom. The van der Waals surface area contributed by atoms with Crippen LogP contribution in [0.25, 0.3) is 0 Å². The molecule has 0 aliphatic rings. The Morgan fingerprint density at radius 1 is 1.75 bits per heavy atom. The average molecular weight is 227 g/mol. The summed E-state index contributed by atoms with van der Waals surface area (Å²) < 4.78 is 4.85. The molecule has 1 amide bonds. The first-order chi connectivity index (χ1) is 7.47. The second-order valence-corrected chi connectivity index (χ2v) is 3.93. The lowest BCUT2D eigenvalue weighted by molar-refractivity contribution is -0.117. The number of amides is 1. The van der Waals surface area contributed by atoms with E-state index in [9.17, 15) is 4.79 Å². The molecule has 1 aromatic heterocycles. The van der Waals surface area contributed by atoms with Crippen molar-refractivity contribution in [2.45, 2.75) is 20.0 Å². The topological polar surface area (TPSA) is 78.6 Å². The van der Waals surface area contributed by atoms with Gasteiger partial charge in [0.05, 0.1) is 18.3 Å². The van der Waals surface area contributed by atoms with Gasteiger partial charge in [0.1, 0.15) is 0 Å². The summed E-state index contributed by atoms with van der Waals surface area (Å²) in [5, 5.41) is 15.4. The largest absolute Gasteiger partial charge is 0.392 e. The van der Waals surface area contributed by atoms with Crippen LogP contribution in [0.3, 0.4) is 0 Å². The minimum atomic E-state index is -0.453. The number of aryl methyl sites for hydroxylation is 1. The minimum absolute atomic E-state index is 0.195. The third kappa shape index (κ3) is 4.41. The quantitative estimate of drug-likeness (QED) is 0.753. The van der Waals surface area contributed by atoms with Gasteiger partial charge < -0.3 is 9.63 Å². The van der Waals surface area contributed by atoms with E-state index in [-0.39, 0.29) is 12.5 Å². The van der Waals surface area contributed by atoms with Crippen LogP contribution in [0.2, 0.25) is 0 Å². The molecule has 0 aliphatic carbocycles. The smallest absolute Gasteiger partial charge is 0.240 e. The lowest BCUT2D eigenvalue weighted by Gasteiger charge is -2.16. The summed E-state index contributed by atoms with van der Waals surface area (Å²) in [5.41, 5.74) is 0.715. The number of likely N-dealkylation sites (N-methyl/N-ethyl adjacent to an activating group) is 1. The van der Waals surface area contributed by atoms with Crippen LogP contribution < -0.4 is 5.32 Å². The van der Waals surface area contributed by atoms with Crippen LogP contribution in [0.5, 0.6) is 0 Å². The van der Waals surface area contributed by atoms with Gasteiger partial charge in [0, 0.05) is 12.6 Å². The average Bonchev–Trinajstić information content (AvgIpc) is 2.48. The molecule has 0 aromatic carbocycles. The fraction of sp³-hybridized carbons (Fsp3) is 0.600. The van der Waals surface area contributed by atoms with Gasteiger partial charge in [-0.2, -0.15) is 0 Å². The van der Waals surface area contributed by atoms with Crippen molar-refractivity contribution in [3.63, 3.8) is 0 Å². The van der Waals surface area contributed by atoms with Crippen LogP contribution in [0.15, 0.2) is 10.6 Å². The zero-order chi connectivity index (χ0) is 12.1. The number of anilines is 1. The van der Waals surface area contributed by atoms with Gasteiger partial charge in [-0.15, -0.1) is 0 Å². The Hall–Kier alpha value is -1.40. The Balaban J connectivity index is 2.36. The van der Waals surface area contributed by atoms with E-state index in [1.165, 1.54) is 0 Å². The fourth-order valence-electron chi connectivity index (χ4n) is 1.36. The maximum atomic E-state index is 11.5. The van der Waals surface area contributed by atoms with Gasteiger partial charge in [0.25, 0.3) is 0 Å². The Morgan fingerprint density at radius 2 is 2.44 bits per heavy atom. The molecule has 0 saturated heterocycles. The number of aromatic nitrogens is 1. The van der Waals surface area contributed by atoms with E-state index in [0.29, 0.717) is 18.1 Å². The van der Waals surface area contributed by atoms with Crippen molar-refractivity contribution in [1.29, 1.82) is 0 Å². The molecule has 0 fully saturated rings. The van der Waals surface area contributed by atoms with Gasteiger partial charge in [-0.1, -0.05) is 5.16 Å². The van der Waals surface area contributed by atoms with Gasteiger partial charge in [0.15, 0.2) is 0 Å². The minimum Gasteiger partial charge on any atom is -0.392 e. The Kier molecular flexibility index (Phi) is 4.45. The molecular weight excluding hydrogens is 210 g/mol. The summed E-state index contributed by atoms with van der Waals surface area (Å²) in [4.78, 5) is 13.2. The number of aliphatic hydroxyl groups excluding tert-OH is 1. The van der Waals surface area contributed by atoms with Crippen molar-refractivity contribution in [3.8, 4) is 0 Å². The first-order valence-electron chi connectivity index (χ1n) is 5.07. The van der Waals surface area contributed by atoms with Crippen molar-refractivity contribution >= 4 is 11.8 Å². The predicted molar refractivity (Wildman–Crippen MR) is 59.0 cm³/mol. The summed E-state index contributed by atoms with van der Waals surface area (Å²) >= 11 is 0. The summed E-state index contributed by atoms with van der Waals surface area (Å²) in [5.74, 6) is 0.146.